The molecular weight excluding hydrogens is 348 g/mol. The summed E-state index contributed by atoms with van der Waals surface area (Å²) in [5, 5.41) is 12.1. The molecule has 0 bridgehead atoms. The Morgan fingerprint density at radius 1 is 1.27 bits per heavy atom. The highest BCUT2D eigenvalue weighted by molar-refractivity contribution is 6.32. The monoisotopic (exact) mass is 376 g/mol. The van der Waals surface area contributed by atoms with Crippen molar-refractivity contribution in [3.63, 3.8) is 0 Å². The van der Waals surface area contributed by atoms with Crippen molar-refractivity contribution in [2.45, 2.75) is 65.4 Å². The van der Waals surface area contributed by atoms with Crippen LogP contribution in [0.3, 0.4) is 0 Å². The molecule has 0 aromatic heterocycles. The minimum absolute atomic E-state index is 0.0430. The van der Waals surface area contributed by atoms with Crippen LogP contribution in [-0.4, -0.2) is 22.3 Å². The highest BCUT2D eigenvalue weighted by atomic mass is 35.5. The van der Waals surface area contributed by atoms with E-state index < -0.39 is 11.0 Å². The number of carbonyl (C=O) groups is 2. The summed E-state index contributed by atoms with van der Waals surface area (Å²) in [6.45, 7) is 7.92. The van der Waals surface area contributed by atoms with Crippen LogP contribution in [0, 0.1) is 34.5 Å². The molecule has 0 aliphatic heterocycles. The van der Waals surface area contributed by atoms with Crippen molar-refractivity contribution in [3.05, 3.63) is 22.8 Å². The van der Waals surface area contributed by atoms with Crippen molar-refractivity contribution >= 4 is 23.2 Å². The van der Waals surface area contributed by atoms with Gasteiger partial charge in [0.05, 0.1) is 0 Å². The van der Waals surface area contributed by atoms with E-state index in [0.717, 1.165) is 31.3 Å². The zero-order valence-corrected chi connectivity index (χ0v) is 16.9. The fourth-order valence-electron chi connectivity index (χ4n) is 7.17. The first-order chi connectivity index (χ1) is 12.1. The maximum atomic E-state index is 12.5. The fraction of sp³-hybridized carbons (Fsp3) is 0.727. The van der Waals surface area contributed by atoms with Gasteiger partial charge in [-0.3, -0.25) is 9.59 Å². The van der Waals surface area contributed by atoms with E-state index in [4.69, 9.17) is 11.6 Å². The largest absolute Gasteiger partial charge is 0.381 e. The molecule has 4 aliphatic rings. The van der Waals surface area contributed by atoms with Gasteiger partial charge in [-0.05, 0) is 73.3 Å². The van der Waals surface area contributed by atoms with Gasteiger partial charge in [0.25, 0.3) is 0 Å². The van der Waals surface area contributed by atoms with Crippen molar-refractivity contribution in [1.82, 2.24) is 0 Å². The SMILES string of the molecule is CC(=O)C1(O)C(C)CC2C3C=C(Cl)C4=CC(=O)CCC4(C)C3CCC21C. The van der Waals surface area contributed by atoms with Crippen molar-refractivity contribution in [2.24, 2.45) is 34.5 Å². The number of allylic oxidation sites excluding steroid dienone is 4. The second-order valence-corrected chi connectivity index (χ2v) is 10.1. The maximum Gasteiger partial charge on any atom is 0.162 e. The summed E-state index contributed by atoms with van der Waals surface area (Å²) in [5.74, 6) is 0.947. The van der Waals surface area contributed by atoms with Crippen LogP contribution in [0.25, 0.3) is 0 Å². The number of carbonyl (C=O) groups excluding carboxylic acids is 2. The van der Waals surface area contributed by atoms with Gasteiger partial charge in [0, 0.05) is 16.9 Å². The number of hydrogen-bond donors (Lipinski definition) is 1. The van der Waals surface area contributed by atoms with Gasteiger partial charge >= 0.3 is 0 Å². The predicted molar refractivity (Wildman–Crippen MR) is 102 cm³/mol. The van der Waals surface area contributed by atoms with Crippen LogP contribution in [0.1, 0.15) is 59.8 Å². The lowest BCUT2D eigenvalue weighted by molar-refractivity contribution is -0.162. The second kappa shape index (κ2) is 5.54. The molecule has 0 spiro atoms. The first kappa shape index (κ1) is 18.4. The van der Waals surface area contributed by atoms with E-state index in [1.807, 2.05) is 6.92 Å². The lowest BCUT2D eigenvalue weighted by atomic mass is 9.48. The van der Waals surface area contributed by atoms with Crippen LogP contribution in [0.4, 0.5) is 0 Å². The summed E-state index contributed by atoms with van der Waals surface area (Å²) >= 11 is 6.68. The van der Waals surface area contributed by atoms with Gasteiger partial charge in [-0.2, -0.15) is 0 Å². The molecule has 3 nitrogen and oxygen atoms in total. The Morgan fingerprint density at radius 3 is 2.62 bits per heavy atom. The Labute approximate surface area is 160 Å². The molecule has 0 aromatic rings. The smallest absolute Gasteiger partial charge is 0.162 e. The topological polar surface area (TPSA) is 54.4 Å². The Morgan fingerprint density at radius 2 is 1.96 bits per heavy atom. The van der Waals surface area contributed by atoms with Gasteiger partial charge in [-0.25, -0.2) is 0 Å². The summed E-state index contributed by atoms with van der Waals surface area (Å²) in [6, 6.07) is 0. The van der Waals surface area contributed by atoms with Crippen molar-refractivity contribution in [1.29, 1.82) is 0 Å². The molecule has 26 heavy (non-hydrogen) atoms. The van der Waals surface area contributed by atoms with Crippen LogP contribution < -0.4 is 0 Å². The Bertz CT molecular complexity index is 752. The minimum Gasteiger partial charge on any atom is -0.381 e. The zero-order chi connectivity index (χ0) is 19.1. The molecule has 4 aliphatic carbocycles. The normalized spacial score (nSPS) is 50.3. The quantitative estimate of drug-likeness (QED) is 0.736. The van der Waals surface area contributed by atoms with Crippen LogP contribution >= 0.6 is 11.6 Å². The molecule has 4 rings (SSSR count). The van der Waals surface area contributed by atoms with Gasteiger partial charge < -0.3 is 5.11 Å². The standard InChI is InChI=1S/C22H29ClO3/c1-12-9-17-15-11-19(23)18-10-14(25)5-7-20(18,3)16(15)6-8-21(17,4)22(12,26)13(2)24/h10-12,15-17,26H,5-9H2,1-4H3. The van der Waals surface area contributed by atoms with E-state index in [2.05, 4.69) is 19.9 Å². The molecule has 2 saturated carbocycles. The van der Waals surface area contributed by atoms with Gasteiger partial charge in [-0.15, -0.1) is 0 Å². The molecule has 0 heterocycles. The van der Waals surface area contributed by atoms with E-state index in [0.29, 0.717) is 17.4 Å². The Hall–Kier alpha value is -0.930. The molecule has 7 atom stereocenters. The molecule has 7 unspecified atom stereocenters. The summed E-state index contributed by atoms with van der Waals surface area (Å²) in [6.07, 6.45) is 7.99. The fourth-order valence-corrected chi connectivity index (χ4v) is 7.59. The number of hydrogen-bond acceptors (Lipinski definition) is 3. The first-order valence-corrected chi connectivity index (χ1v) is 10.3. The van der Waals surface area contributed by atoms with Crippen LogP contribution in [0.2, 0.25) is 0 Å². The number of aliphatic hydroxyl groups is 1. The molecular formula is C22H29ClO3. The average molecular weight is 377 g/mol. The third-order valence-corrected chi connectivity index (χ3v) is 9.01. The Kier molecular flexibility index (Phi) is 3.93. The van der Waals surface area contributed by atoms with Gasteiger partial charge in [0.2, 0.25) is 0 Å². The van der Waals surface area contributed by atoms with E-state index in [1.165, 1.54) is 6.92 Å². The summed E-state index contributed by atoms with van der Waals surface area (Å²) in [7, 11) is 0. The molecule has 0 aromatic carbocycles. The van der Waals surface area contributed by atoms with Gasteiger partial charge in [-0.1, -0.05) is 38.4 Å². The lowest BCUT2D eigenvalue weighted by Gasteiger charge is -2.57. The summed E-state index contributed by atoms with van der Waals surface area (Å²) in [4.78, 5) is 24.4. The van der Waals surface area contributed by atoms with E-state index in [-0.39, 0.29) is 34.7 Å². The molecule has 0 radical (unpaired) electrons. The first-order valence-electron chi connectivity index (χ1n) is 9.92. The third kappa shape index (κ3) is 2.05. The van der Waals surface area contributed by atoms with Crippen LogP contribution in [-0.2, 0) is 9.59 Å². The molecule has 2 fully saturated rings. The lowest BCUT2D eigenvalue weighted by Crippen LogP contribution is -2.58. The summed E-state index contributed by atoms with van der Waals surface area (Å²) < 4.78 is 0. The van der Waals surface area contributed by atoms with Gasteiger partial charge in [0.1, 0.15) is 5.60 Å². The van der Waals surface area contributed by atoms with Crippen molar-refractivity contribution in [2.75, 3.05) is 0 Å². The van der Waals surface area contributed by atoms with Crippen molar-refractivity contribution < 1.29 is 14.7 Å². The predicted octanol–water partition coefficient (Wildman–Crippen LogP) is 4.43. The minimum atomic E-state index is -1.25. The van der Waals surface area contributed by atoms with E-state index >= 15 is 0 Å². The summed E-state index contributed by atoms with van der Waals surface area (Å²) in [5.41, 5.74) is -0.725. The molecule has 1 N–H and O–H groups in total. The maximum absolute atomic E-state index is 12.5. The Balaban J connectivity index is 1.82. The van der Waals surface area contributed by atoms with Crippen LogP contribution in [0.15, 0.2) is 22.8 Å². The molecule has 142 valence electrons. The highest BCUT2D eigenvalue weighted by Crippen LogP contribution is 2.68. The third-order valence-electron chi connectivity index (χ3n) is 8.68. The average Bonchev–Trinajstić information content (AvgIpc) is 2.78. The molecule has 0 amide bonds. The number of halogens is 1. The number of fused-ring (bicyclic) bond motifs is 5. The van der Waals surface area contributed by atoms with E-state index in [1.54, 1.807) is 6.08 Å². The number of Topliss-reactive ketones (excluding diaryl/α,β-unsaturated/α-hetero) is 1. The molecule has 4 heteroatoms. The van der Waals surface area contributed by atoms with E-state index in [9.17, 15) is 14.7 Å². The molecule has 0 saturated heterocycles. The zero-order valence-electron chi connectivity index (χ0n) is 16.1. The highest BCUT2D eigenvalue weighted by Gasteiger charge is 2.67. The number of ketones is 2. The second-order valence-electron chi connectivity index (χ2n) is 9.66. The number of rotatable bonds is 1. The van der Waals surface area contributed by atoms with Crippen molar-refractivity contribution in [3.8, 4) is 0 Å². The van der Waals surface area contributed by atoms with Crippen LogP contribution in [0.5, 0.6) is 0 Å². The van der Waals surface area contributed by atoms with Gasteiger partial charge in [0.15, 0.2) is 11.6 Å².